The smallest absolute Gasteiger partial charge is 0.126 e. The normalized spacial score (nSPS) is 17.6. The quantitative estimate of drug-likeness (QED) is 0.691. The number of fused-ring (bicyclic) bond motifs is 1. The van der Waals surface area contributed by atoms with Crippen molar-refractivity contribution < 1.29 is 9.15 Å². The molecular formula is C19H22N4O2. The van der Waals surface area contributed by atoms with Crippen molar-refractivity contribution in [1.82, 2.24) is 19.4 Å². The molecule has 0 amide bonds. The Kier molecular flexibility index (Phi) is 4.63. The summed E-state index contributed by atoms with van der Waals surface area (Å²) in [5.41, 5.74) is 3.47. The van der Waals surface area contributed by atoms with Crippen LogP contribution in [0.2, 0.25) is 0 Å². The van der Waals surface area contributed by atoms with Gasteiger partial charge in [0.2, 0.25) is 0 Å². The Hall–Kier alpha value is -2.44. The van der Waals surface area contributed by atoms with E-state index >= 15 is 0 Å². The molecule has 4 rings (SSSR count). The van der Waals surface area contributed by atoms with E-state index < -0.39 is 0 Å². The van der Waals surface area contributed by atoms with E-state index in [-0.39, 0.29) is 6.04 Å². The molecule has 0 saturated heterocycles. The highest BCUT2D eigenvalue weighted by atomic mass is 16.5. The molecule has 0 saturated carbocycles. The van der Waals surface area contributed by atoms with Gasteiger partial charge in [0.05, 0.1) is 43.7 Å². The maximum atomic E-state index is 5.86. The van der Waals surface area contributed by atoms with Gasteiger partial charge in [-0.2, -0.15) is 0 Å². The minimum absolute atomic E-state index is 0.276. The summed E-state index contributed by atoms with van der Waals surface area (Å²) in [7, 11) is 0. The van der Waals surface area contributed by atoms with Crippen LogP contribution >= 0.6 is 0 Å². The molecule has 4 heterocycles. The fourth-order valence-electron chi connectivity index (χ4n) is 3.30. The summed E-state index contributed by atoms with van der Waals surface area (Å²) in [5, 5.41) is 0. The number of hydrogen-bond acceptors (Lipinski definition) is 5. The number of imidazole rings is 1. The number of furan rings is 1. The molecule has 130 valence electrons. The van der Waals surface area contributed by atoms with Crippen LogP contribution in [0.1, 0.15) is 35.6 Å². The third kappa shape index (κ3) is 3.50. The van der Waals surface area contributed by atoms with Crippen LogP contribution in [0.5, 0.6) is 0 Å². The second-order valence-electron chi connectivity index (χ2n) is 6.39. The molecule has 0 radical (unpaired) electrons. The highest BCUT2D eigenvalue weighted by molar-refractivity contribution is 5.13. The Morgan fingerprint density at radius 2 is 2.04 bits per heavy atom. The third-order valence-corrected chi connectivity index (χ3v) is 4.74. The lowest BCUT2D eigenvalue weighted by Crippen LogP contribution is -2.37. The zero-order valence-corrected chi connectivity index (χ0v) is 14.3. The average Bonchev–Trinajstić information content (AvgIpc) is 3.29. The van der Waals surface area contributed by atoms with Gasteiger partial charge in [-0.25, -0.2) is 4.98 Å². The zero-order valence-electron chi connectivity index (χ0n) is 14.3. The molecule has 1 atom stereocenters. The summed E-state index contributed by atoms with van der Waals surface area (Å²) in [6.07, 6.45) is 9.06. The molecule has 0 bridgehead atoms. The number of rotatable bonds is 6. The number of aromatic nitrogens is 3. The average molecular weight is 338 g/mol. The Labute approximate surface area is 147 Å². The Morgan fingerprint density at radius 1 is 1.16 bits per heavy atom. The molecule has 0 aromatic carbocycles. The molecule has 1 aliphatic heterocycles. The van der Waals surface area contributed by atoms with Crippen molar-refractivity contribution in [3.05, 3.63) is 72.0 Å². The number of hydrogen-bond donors (Lipinski definition) is 0. The lowest BCUT2D eigenvalue weighted by Gasteiger charge is -2.34. The first-order chi connectivity index (χ1) is 12.3. The molecule has 0 spiro atoms. The van der Waals surface area contributed by atoms with Crippen LogP contribution in [-0.2, 0) is 31.0 Å². The third-order valence-electron chi connectivity index (χ3n) is 4.74. The summed E-state index contributed by atoms with van der Waals surface area (Å²) < 4.78 is 13.3. The summed E-state index contributed by atoms with van der Waals surface area (Å²) in [6.45, 7) is 6.19. The van der Waals surface area contributed by atoms with E-state index in [1.165, 1.54) is 5.56 Å². The van der Waals surface area contributed by atoms with Crippen molar-refractivity contribution in [2.45, 2.75) is 39.3 Å². The Balaban J connectivity index is 1.39. The van der Waals surface area contributed by atoms with E-state index in [0.717, 1.165) is 36.7 Å². The number of ether oxygens (including phenoxy) is 1. The van der Waals surface area contributed by atoms with E-state index in [9.17, 15) is 0 Å². The van der Waals surface area contributed by atoms with Crippen molar-refractivity contribution in [2.75, 3.05) is 6.54 Å². The first-order valence-corrected chi connectivity index (χ1v) is 8.57. The van der Waals surface area contributed by atoms with Gasteiger partial charge in [-0.05, 0) is 30.7 Å². The molecule has 3 aromatic heterocycles. The number of nitrogens with zero attached hydrogens (tertiary/aromatic N) is 4. The van der Waals surface area contributed by atoms with E-state index in [2.05, 4.69) is 26.4 Å². The van der Waals surface area contributed by atoms with Gasteiger partial charge in [0.15, 0.2) is 0 Å². The summed E-state index contributed by atoms with van der Waals surface area (Å²) >= 11 is 0. The van der Waals surface area contributed by atoms with Gasteiger partial charge in [-0.15, -0.1) is 0 Å². The first kappa shape index (κ1) is 16.1. The molecule has 6 nitrogen and oxygen atoms in total. The van der Waals surface area contributed by atoms with Gasteiger partial charge >= 0.3 is 0 Å². The molecule has 1 aliphatic rings. The summed E-state index contributed by atoms with van der Waals surface area (Å²) in [4.78, 5) is 11.1. The van der Waals surface area contributed by atoms with Gasteiger partial charge in [-0.3, -0.25) is 9.88 Å². The predicted molar refractivity (Wildman–Crippen MR) is 92.5 cm³/mol. The van der Waals surface area contributed by atoms with E-state index in [1.54, 1.807) is 18.7 Å². The van der Waals surface area contributed by atoms with Crippen molar-refractivity contribution in [1.29, 1.82) is 0 Å². The van der Waals surface area contributed by atoms with Crippen molar-refractivity contribution in [3.63, 3.8) is 0 Å². The van der Waals surface area contributed by atoms with Crippen LogP contribution < -0.4 is 0 Å². The fraction of sp³-hybridized carbons (Fsp3) is 0.368. The molecule has 0 unspecified atom stereocenters. The van der Waals surface area contributed by atoms with Crippen LogP contribution in [0.25, 0.3) is 0 Å². The van der Waals surface area contributed by atoms with E-state index in [0.29, 0.717) is 13.2 Å². The zero-order chi connectivity index (χ0) is 17.1. The fourth-order valence-corrected chi connectivity index (χ4v) is 3.30. The summed E-state index contributed by atoms with van der Waals surface area (Å²) in [6, 6.07) is 6.24. The topological polar surface area (TPSA) is 56.3 Å². The minimum Gasteiger partial charge on any atom is -0.472 e. The Morgan fingerprint density at radius 3 is 2.84 bits per heavy atom. The van der Waals surface area contributed by atoms with Crippen LogP contribution in [-0.4, -0.2) is 26.0 Å². The van der Waals surface area contributed by atoms with Crippen LogP contribution in [0, 0.1) is 0 Å². The van der Waals surface area contributed by atoms with Crippen LogP contribution in [0.3, 0.4) is 0 Å². The molecule has 0 N–H and O–H groups in total. The molecule has 3 aromatic rings. The molecule has 6 heteroatoms. The largest absolute Gasteiger partial charge is 0.472 e. The van der Waals surface area contributed by atoms with Gasteiger partial charge in [-0.1, -0.05) is 0 Å². The lowest BCUT2D eigenvalue weighted by atomic mass is 10.2. The van der Waals surface area contributed by atoms with Gasteiger partial charge in [0.1, 0.15) is 5.82 Å². The molecule has 0 aliphatic carbocycles. The van der Waals surface area contributed by atoms with Crippen molar-refractivity contribution in [3.8, 4) is 0 Å². The highest BCUT2D eigenvalue weighted by Crippen LogP contribution is 2.27. The number of pyridine rings is 1. The van der Waals surface area contributed by atoms with Gasteiger partial charge in [0.25, 0.3) is 0 Å². The van der Waals surface area contributed by atoms with Crippen molar-refractivity contribution in [2.24, 2.45) is 0 Å². The molecule has 25 heavy (non-hydrogen) atoms. The maximum absolute atomic E-state index is 5.86. The predicted octanol–water partition coefficient (Wildman–Crippen LogP) is 3.16. The Bertz CT molecular complexity index is 798. The molecular weight excluding hydrogens is 316 g/mol. The van der Waals surface area contributed by atoms with Gasteiger partial charge in [0, 0.05) is 37.6 Å². The van der Waals surface area contributed by atoms with Crippen molar-refractivity contribution >= 4 is 0 Å². The molecule has 0 fully saturated rings. The van der Waals surface area contributed by atoms with E-state index in [4.69, 9.17) is 9.15 Å². The monoisotopic (exact) mass is 338 g/mol. The first-order valence-electron chi connectivity index (χ1n) is 8.57. The van der Waals surface area contributed by atoms with Crippen LogP contribution in [0.15, 0.2) is 53.7 Å². The van der Waals surface area contributed by atoms with E-state index in [1.807, 2.05) is 30.7 Å². The van der Waals surface area contributed by atoms with Gasteiger partial charge < -0.3 is 13.7 Å². The summed E-state index contributed by atoms with van der Waals surface area (Å²) in [5.74, 6) is 1.11. The lowest BCUT2D eigenvalue weighted by molar-refractivity contribution is 0.0970. The standard InChI is InChI=1S/C19H22N4O2/c1-15-19-21-10-18(14-25-12-16-2-5-20-6-3-16)23(19)8-7-22(15)11-17-4-9-24-13-17/h2-6,9-10,13,15H,7-8,11-12,14H2,1H3/t15-/m0/s1. The highest BCUT2D eigenvalue weighted by Gasteiger charge is 2.27. The maximum Gasteiger partial charge on any atom is 0.126 e. The second-order valence-corrected chi connectivity index (χ2v) is 6.39. The second kappa shape index (κ2) is 7.21. The SMILES string of the molecule is C[C@H]1c2ncc(COCc3ccncc3)n2CCN1Cc1ccoc1. The van der Waals surface area contributed by atoms with Crippen LogP contribution in [0.4, 0.5) is 0 Å². The minimum atomic E-state index is 0.276.